The Morgan fingerprint density at radius 1 is 1.32 bits per heavy atom. The van der Waals surface area contributed by atoms with E-state index in [0.717, 1.165) is 25.9 Å². The number of rotatable bonds is 6. The van der Waals surface area contributed by atoms with Crippen LogP contribution in [0.25, 0.3) is 0 Å². The number of carbonyl (C=O) groups excluding carboxylic acids is 1. The van der Waals surface area contributed by atoms with Crippen LogP contribution in [0.3, 0.4) is 0 Å². The normalized spacial score (nSPS) is 18.4. The molecule has 0 aliphatic carbocycles. The Labute approximate surface area is 116 Å². The SMILES string of the molecule is CCCC(C#N)N1CCN(C(=O)COC(C)C)CC1. The van der Waals surface area contributed by atoms with Gasteiger partial charge >= 0.3 is 0 Å². The van der Waals surface area contributed by atoms with Gasteiger partial charge in [0.2, 0.25) is 5.91 Å². The van der Waals surface area contributed by atoms with Gasteiger partial charge in [0.15, 0.2) is 0 Å². The van der Waals surface area contributed by atoms with E-state index in [-0.39, 0.29) is 24.7 Å². The summed E-state index contributed by atoms with van der Waals surface area (Å²) in [6, 6.07) is 2.35. The molecule has 0 N–H and O–H groups in total. The van der Waals surface area contributed by atoms with E-state index in [1.807, 2.05) is 18.7 Å². The molecule has 5 nitrogen and oxygen atoms in total. The van der Waals surface area contributed by atoms with Gasteiger partial charge in [0.25, 0.3) is 0 Å². The van der Waals surface area contributed by atoms with Gasteiger partial charge in [-0.05, 0) is 20.3 Å². The van der Waals surface area contributed by atoms with Gasteiger partial charge in [-0.25, -0.2) is 0 Å². The van der Waals surface area contributed by atoms with Gasteiger partial charge in [-0.1, -0.05) is 13.3 Å². The van der Waals surface area contributed by atoms with E-state index in [4.69, 9.17) is 10.00 Å². The van der Waals surface area contributed by atoms with Crippen molar-refractivity contribution in [3.05, 3.63) is 0 Å². The van der Waals surface area contributed by atoms with Crippen LogP contribution in [0.15, 0.2) is 0 Å². The van der Waals surface area contributed by atoms with Gasteiger partial charge < -0.3 is 9.64 Å². The molecule has 108 valence electrons. The molecule has 1 fully saturated rings. The van der Waals surface area contributed by atoms with Gasteiger partial charge in [-0.15, -0.1) is 0 Å². The molecule has 0 bridgehead atoms. The maximum absolute atomic E-state index is 11.9. The summed E-state index contributed by atoms with van der Waals surface area (Å²) in [5.74, 6) is 0.0531. The minimum absolute atomic E-state index is 0.00540. The molecule has 1 amide bonds. The molecule has 0 radical (unpaired) electrons. The number of amides is 1. The van der Waals surface area contributed by atoms with E-state index < -0.39 is 0 Å². The highest BCUT2D eigenvalue weighted by Gasteiger charge is 2.25. The fourth-order valence-electron chi connectivity index (χ4n) is 2.21. The van der Waals surface area contributed by atoms with Gasteiger partial charge in [-0.2, -0.15) is 5.26 Å². The topological polar surface area (TPSA) is 56.6 Å². The number of hydrogen-bond donors (Lipinski definition) is 0. The zero-order chi connectivity index (χ0) is 14.3. The number of carbonyl (C=O) groups is 1. The van der Waals surface area contributed by atoms with Crippen molar-refractivity contribution in [3.63, 3.8) is 0 Å². The molecule has 19 heavy (non-hydrogen) atoms. The fraction of sp³-hybridized carbons (Fsp3) is 0.857. The van der Waals surface area contributed by atoms with E-state index in [1.54, 1.807) is 0 Å². The fourth-order valence-corrected chi connectivity index (χ4v) is 2.21. The highest BCUT2D eigenvalue weighted by atomic mass is 16.5. The Morgan fingerprint density at radius 3 is 2.42 bits per heavy atom. The third-order valence-electron chi connectivity index (χ3n) is 3.36. The largest absolute Gasteiger partial charge is 0.369 e. The standard InChI is InChI=1S/C14H25N3O2/c1-4-5-13(10-15)16-6-8-17(9-7-16)14(18)11-19-12(2)3/h12-13H,4-9,11H2,1-3H3. The van der Waals surface area contributed by atoms with Crippen LogP contribution in [0.1, 0.15) is 33.6 Å². The molecular formula is C14H25N3O2. The van der Waals surface area contributed by atoms with Crippen LogP contribution < -0.4 is 0 Å². The van der Waals surface area contributed by atoms with Crippen LogP contribution in [0.5, 0.6) is 0 Å². The van der Waals surface area contributed by atoms with E-state index >= 15 is 0 Å². The first-order chi connectivity index (χ1) is 9.08. The second kappa shape index (κ2) is 8.13. The molecule has 1 atom stereocenters. The molecule has 0 spiro atoms. The highest BCUT2D eigenvalue weighted by Crippen LogP contribution is 2.10. The first-order valence-corrected chi connectivity index (χ1v) is 7.11. The number of ether oxygens (including phenoxy) is 1. The Bertz CT molecular complexity index is 317. The van der Waals surface area contributed by atoms with Crippen molar-refractivity contribution in [2.75, 3.05) is 32.8 Å². The van der Waals surface area contributed by atoms with E-state index in [0.29, 0.717) is 13.1 Å². The molecule has 1 aliphatic rings. The second-order valence-electron chi connectivity index (χ2n) is 5.21. The van der Waals surface area contributed by atoms with E-state index in [1.165, 1.54) is 0 Å². The van der Waals surface area contributed by atoms with Crippen LogP contribution in [-0.4, -0.2) is 60.6 Å². The smallest absolute Gasteiger partial charge is 0.248 e. The molecule has 0 aromatic carbocycles. The number of piperazine rings is 1. The molecular weight excluding hydrogens is 242 g/mol. The van der Waals surface area contributed by atoms with Crippen molar-refractivity contribution >= 4 is 5.91 Å². The van der Waals surface area contributed by atoms with Gasteiger partial charge in [0.05, 0.1) is 18.2 Å². The molecule has 1 rings (SSSR count). The summed E-state index contributed by atoms with van der Waals surface area (Å²) in [7, 11) is 0. The molecule has 1 aliphatic heterocycles. The number of hydrogen-bond acceptors (Lipinski definition) is 4. The molecule has 1 unspecified atom stereocenters. The quantitative estimate of drug-likeness (QED) is 0.726. The monoisotopic (exact) mass is 267 g/mol. The van der Waals surface area contributed by atoms with E-state index in [9.17, 15) is 4.79 Å². The van der Waals surface area contributed by atoms with Crippen molar-refractivity contribution in [2.24, 2.45) is 0 Å². The summed E-state index contributed by atoms with van der Waals surface area (Å²) in [6.45, 7) is 9.06. The van der Waals surface area contributed by atoms with Crippen molar-refractivity contribution in [2.45, 2.75) is 45.8 Å². The number of nitriles is 1. The zero-order valence-electron chi connectivity index (χ0n) is 12.3. The van der Waals surface area contributed by atoms with Crippen LogP contribution in [0.2, 0.25) is 0 Å². The lowest BCUT2D eigenvalue weighted by Crippen LogP contribution is -2.52. The molecule has 0 aromatic rings. The highest BCUT2D eigenvalue weighted by molar-refractivity contribution is 5.77. The summed E-state index contributed by atoms with van der Waals surface area (Å²) in [6.07, 6.45) is 2.00. The van der Waals surface area contributed by atoms with Crippen molar-refractivity contribution in [1.82, 2.24) is 9.80 Å². The first kappa shape index (κ1) is 15.9. The minimum Gasteiger partial charge on any atom is -0.369 e. The third kappa shape index (κ3) is 5.17. The summed E-state index contributed by atoms with van der Waals surface area (Å²) in [5, 5.41) is 9.14. The Hall–Kier alpha value is -1.12. The van der Waals surface area contributed by atoms with Crippen LogP contribution in [0.4, 0.5) is 0 Å². The minimum atomic E-state index is -0.00540. The third-order valence-corrected chi connectivity index (χ3v) is 3.36. The Kier molecular flexibility index (Phi) is 6.82. The van der Waals surface area contributed by atoms with Gasteiger partial charge in [0, 0.05) is 26.2 Å². The molecule has 1 heterocycles. The average Bonchev–Trinajstić information content (AvgIpc) is 2.42. The zero-order valence-corrected chi connectivity index (χ0v) is 12.3. The molecule has 0 aromatic heterocycles. The Balaban J connectivity index is 2.36. The summed E-state index contributed by atoms with van der Waals surface area (Å²) in [4.78, 5) is 15.9. The Morgan fingerprint density at radius 2 is 1.95 bits per heavy atom. The van der Waals surface area contributed by atoms with Crippen molar-refractivity contribution < 1.29 is 9.53 Å². The summed E-state index contributed by atoms with van der Waals surface area (Å²) < 4.78 is 5.33. The predicted molar refractivity (Wildman–Crippen MR) is 73.6 cm³/mol. The van der Waals surface area contributed by atoms with Crippen LogP contribution in [-0.2, 0) is 9.53 Å². The maximum atomic E-state index is 11.9. The molecule has 1 saturated heterocycles. The molecule has 0 saturated carbocycles. The van der Waals surface area contributed by atoms with E-state index in [2.05, 4.69) is 17.9 Å². The van der Waals surface area contributed by atoms with Gasteiger partial charge in [0.1, 0.15) is 6.61 Å². The lowest BCUT2D eigenvalue weighted by atomic mass is 10.1. The van der Waals surface area contributed by atoms with Crippen molar-refractivity contribution in [1.29, 1.82) is 5.26 Å². The summed E-state index contributed by atoms with van der Waals surface area (Å²) >= 11 is 0. The maximum Gasteiger partial charge on any atom is 0.248 e. The average molecular weight is 267 g/mol. The van der Waals surface area contributed by atoms with Crippen molar-refractivity contribution in [3.8, 4) is 6.07 Å². The predicted octanol–water partition coefficient (Wildman–Crippen LogP) is 1.25. The second-order valence-corrected chi connectivity index (χ2v) is 5.21. The lowest BCUT2D eigenvalue weighted by Gasteiger charge is -2.36. The van der Waals surface area contributed by atoms with Crippen LogP contribution >= 0.6 is 0 Å². The first-order valence-electron chi connectivity index (χ1n) is 7.11. The molecule has 5 heteroatoms. The summed E-state index contributed by atoms with van der Waals surface area (Å²) in [5.41, 5.74) is 0. The van der Waals surface area contributed by atoms with Crippen LogP contribution in [0, 0.1) is 11.3 Å². The number of nitrogens with zero attached hydrogens (tertiary/aromatic N) is 3. The lowest BCUT2D eigenvalue weighted by molar-refractivity contribution is -0.139. The van der Waals surface area contributed by atoms with Gasteiger partial charge in [-0.3, -0.25) is 9.69 Å².